The molecule has 10 heavy (non-hydrogen) atoms. The number of ketones is 1. The largest absolute Gasteiger partial charge is 0.469 e. The molecule has 0 bridgehead atoms. The van der Waals surface area contributed by atoms with Crippen LogP contribution in [0.3, 0.4) is 0 Å². The van der Waals surface area contributed by atoms with Crippen molar-refractivity contribution in [2.24, 2.45) is 5.92 Å². The minimum Gasteiger partial charge on any atom is -0.469 e. The SMILES string of the molecule is COC(=O)C(C)CC(C)=O. The van der Waals surface area contributed by atoms with Gasteiger partial charge < -0.3 is 9.53 Å². The molecule has 0 saturated carbocycles. The van der Waals surface area contributed by atoms with Crippen LogP contribution in [-0.2, 0) is 14.3 Å². The predicted molar refractivity (Wildman–Crippen MR) is 36.5 cm³/mol. The van der Waals surface area contributed by atoms with Gasteiger partial charge in [0, 0.05) is 6.42 Å². The van der Waals surface area contributed by atoms with Crippen molar-refractivity contribution in [3.8, 4) is 0 Å². The van der Waals surface area contributed by atoms with Gasteiger partial charge in [0.15, 0.2) is 0 Å². The van der Waals surface area contributed by atoms with E-state index in [9.17, 15) is 9.59 Å². The van der Waals surface area contributed by atoms with Crippen LogP contribution in [0.5, 0.6) is 0 Å². The van der Waals surface area contributed by atoms with Gasteiger partial charge in [-0.1, -0.05) is 6.92 Å². The lowest BCUT2D eigenvalue weighted by atomic mass is 10.1. The van der Waals surface area contributed by atoms with E-state index < -0.39 is 0 Å². The molecule has 3 heteroatoms. The normalized spacial score (nSPS) is 12.3. The summed E-state index contributed by atoms with van der Waals surface area (Å²) in [5.74, 6) is -0.615. The number of esters is 1. The molecule has 0 amide bonds. The van der Waals surface area contributed by atoms with Gasteiger partial charge in [-0.15, -0.1) is 0 Å². The van der Waals surface area contributed by atoms with Crippen molar-refractivity contribution in [1.82, 2.24) is 0 Å². The molecule has 0 fully saturated rings. The molecule has 1 unspecified atom stereocenters. The van der Waals surface area contributed by atoms with Crippen molar-refractivity contribution >= 4 is 11.8 Å². The molecule has 0 N–H and O–H groups in total. The first-order valence-electron chi connectivity index (χ1n) is 3.15. The molecule has 0 heterocycles. The summed E-state index contributed by atoms with van der Waals surface area (Å²) in [6.45, 7) is 3.13. The number of carbonyl (C=O) groups excluding carboxylic acids is 2. The highest BCUT2D eigenvalue weighted by Gasteiger charge is 2.14. The summed E-state index contributed by atoms with van der Waals surface area (Å²) in [6.07, 6.45) is 0.271. The molecule has 0 aliphatic heterocycles. The average molecular weight is 144 g/mol. The third kappa shape index (κ3) is 3.22. The Morgan fingerprint density at radius 2 is 2.00 bits per heavy atom. The lowest BCUT2D eigenvalue weighted by Gasteiger charge is -2.04. The number of Topliss-reactive ketones (excluding diaryl/α,β-unsaturated/α-hetero) is 1. The van der Waals surface area contributed by atoms with Crippen LogP contribution >= 0.6 is 0 Å². The molecule has 0 spiro atoms. The van der Waals surface area contributed by atoms with Gasteiger partial charge in [0.05, 0.1) is 13.0 Å². The Balaban J connectivity index is 3.72. The van der Waals surface area contributed by atoms with E-state index in [1.165, 1.54) is 14.0 Å². The number of carbonyl (C=O) groups is 2. The molecule has 1 atom stereocenters. The molecule has 0 radical (unpaired) electrons. The van der Waals surface area contributed by atoms with Gasteiger partial charge in [0.2, 0.25) is 0 Å². The summed E-state index contributed by atoms with van der Waals surface area (Å²) in [7, 11) is 1.32. The Morgan fingerprint density at radius 1 is 1.50 bits per heavy atom. The summed E-state index contributed by atoms with van der Waals surface area (Å²) in [6, 6.07) is 0. The van der Waals surface area contributed by atoms with Crippen molar-refractivity contribution in [2.45, 2.75) is 20.3 Å². The quantitative estimate of drug-likeness (QED) is 0.549. The monoisotopic (exact) mass is 144 g/mol. The fourth-order valence-electron chi connectivity index (χ4n) is 0.716. The predicted octanol–water partition coefficient (Wildman–Crippen LogP) is 0.775. The van der Waals surface area contributed by atoms with Crippen molar-refractivity contribution in [3.05, 3.63) is 0 Å². The molecule has 0 aromatic carbocycles. The zero-order valence-electron chi connectivity index (χ0n) is 6.51. The van der Waals surface area contributed by atoms with Crippen LogP contribution in [0.2, 0.25) is 0 Å². The van der Waals surface area contributed by atoms with Gasteiger partial charge >= 0.3 is 5.97 Å². The maximum Gasteiger partial charge on any atom is 0.308 e. The van der Waals surface area contributed by atoms with Crippen molar-refractivity contribution in [2.75, 3.05) is 7.11 Å². The first-order chi connectivity index (χ1) is 4.57. The smallest absolute Gasteiger partial charge is 0.308 e. The van der Waals surface area contributed by atoms with Crippen LogP contribution in [0.25, 0.3) is 0 Å². The highest BCUT2D eigenvalue weighted by Crippen LogP contribution is 2.03. The Morgan fingerprint density at radius 3 is 2.30 bits per heavy atom. The average Bonchev–Trinajstić information content (AvgIpc) is 1.85. The van der Waals surface area contributed by atoms with E-state index in [4.69, 9.17) is 0 Å². The van der Waals surface area contributed by atoms with E-state index in [0.717, 1.165) is 0 Å². The van der Waals surface area contributed by atoms with Gasteiger partial charge in [-0.25, -0.2) is 0 Å². The number of hydrogen-bond acceptors (Lipinski definition) is 3. The van der Waals surface area contributed by atoms with E-state index in [2.05, 4.69) is 4.74 Å². The molecular weight excluding hydrogens is 132 g/mol. The van der Waals surface area contributed by atoms with Crippen molar-refractivity contribution in [3.63, 3.8) is 0 Å². The molecule has 0 aromatic heterocycles. The second-order valence-corrected chi connectivity index (χ2v) is 2.33. The lowest BCUT2D eigenvalue weighted by molar-refractivity contribution is -0.146. The van der Waals surface area contributed by atoms with Crippen LogP contribution in [0.4, 0.5) is 0 Å². The summed E-state index contributed by atoms with van der Waals surface area (Å²) >= 11 is 0. The molecular formula is C7H12O3. The highest BCUT2D eigenvalue weighted by molar-refractivity contribution is 5.82. The van der Waals surface area contributed by atoms with Gasteiger partial charge in [-0.2, -0.15) is 0 Å². The number of hydrogen-bond donors (Lipinski definition) is 0. The molecule has 0 aliphatic rings. The topological polar surface area (TPSA) is 43.4 Å². The molecule has 0 saturated heterocycles. The first-order valence-corrected chi connectivity index (χ1v) is 3.15. The lowest BCUT2D eigenvalue weighted by Crippen LogP contribution is -2.15. The third-order valence-corrected chi connectivity index (χ3v) is 1.20. The maximum atomic E-state index is 10.7. The van der Waals surface area contributed by atoms with Crippen LogP contribution in [-0.4, -0.2) is 18.9 Å². The van der Waals surface area contributed by atoms with Crippen molar-refractivity contribution in [1.29, 1.82) is 0 Å². The minimum absolute atomic E-state index is 0.0119. The molecule has 0 aromatic rings. The number of ether oxygens (including phenoxy) is 1. The van der Waals surface area contributed by atoms with E-state index in [-0.39, 0.29) is 24.1 Å². The summed E-state index contributed by atoms with van der Waals surface area (Å²) in [5, 5.41) is 0. The number of rotatable bonds is 3. The van der Waals surface area contributed by atoms with Crippen molar-refractivity contribution < 1.29 is 14.3 Å². The van der Waals surface area contributed by atoms with Crippen LogP contribution in [0.1, 0.15) is 20.3 Å². The second-order valence-electron chi connectivity index (χ2n) is 2.33. The fraction of sp³-hybridized carbons (Fsp3) is 0.714. The summed E-state index contributed by atoms with van der Waals surface area (Å²) in [5.41, 5.74) is 0. The second kappa shape index (κ2) is 4.04. The zero-order chi connectivity index (χ0) is 8.15. The molecule has 0 aliphatic carbocycles. The summed E-state index contributed by atoms with van der Waals surface area (Å²) in [4.78, 5) is 21.1. The van der Waals surface area contributed by atoms with E-state index in [0.29, 0.717) is 0 Å². The standard InChI is InChI=1S/C7H12O3/c1-5(4-6(2)8)7(9)10-3/h5H,4H2,1-3H3. The summed E-state index contributed by atoms with van der Waals surface area (Å²) < 4.78 is 4.42. The Hall–Kier alpha value is -0.860. The molecule has 58 valence electrons. The zero-order valence-corrected chi connectivity index (χ0v) is 6.51. The Labute approximate surface area is 60.4 Å². The minimum atomic E-state index is -0.324. The van der Waals surface area contributed by atoms with Crippen LogP contribution in [0, 0.1) is 5.92 Å². The van der Waals surface area contributed by atoms with Gasteiger partial charge in [0.1, 0.15) is 5.78 Å². The van der Waals surface area contributed by atoms with Crippen LogP contribution in [0.15, 0.2) is 0 Å². The highest BCUT2D eigenvalue weighted by atomic mass is 16.5. The van der Waals surface area contributed by atoms with E-state index >= 15 is 0 Å². The van der Waals surface area contributed by atoms with Gasteiger partial charge in [0.25, 0.3) is 0 Å². The Kier molecular flexibility index (Phi) is 3.69. The maximum absolute atomic E-state index is 10.7. The fourth-order valence-corrected chi connectivity index (χ4v) is 0.716. The number of methoxy groups -OCH3 is 1. The van der Waals surface area contributed by atoms with E-state index in [1.807, 2.05) is 0 Å². The van der Waals surface area contributed by atoms with E-state index in [1.54, 1.807) is 6.92 Å². The third-order valence-electron chi connectivity index (χ3n) is 1.20. The van der Waals surface area contributed by atoms with Gasteiger partial charge in [-0.05, 0) is 6.92 Å². The Bertz CT molecular complexity index is 140. The molecule has 3 nitrogen and oxygen atoms in total. The first kappa shape index (κ1) is 9.14. The van der Waals surface area contributed by atoms with Crippen LogP contribution < -0.4 is 0 Å². The van der Waals surface area contributed by atoms with Gasteiger partial charge in [-0.3, -0.25) is 4.79 Å². The molecule has 0 rings (SSSR count).